The van der Waals surface area contributed by atoms with E-state index >= 15 is 0 Å². The van der Waals surface area contributed by atoms with Crippen molar-refractivity contribution in [1.82, 2.24) is 10.4 Å². The Morgan fingerprint density at radius 1 is 1.29 bits per heavy atom. The van der Waals surface area contributed by atoms with Crippen molar-refractivity contribution in [3.63, 3.8) is 0 Å². The van der Waals surface area contributed by atoms with Gasteiger partial charge >= 0.3 is 0 Å². The second kappa shape index (κ2) is 8.71. The number of carbonyl (C=O) groups excluding carboxylic acids is 1. The van der Waals surface area contributed by atoms with Gasteiger partial charge in [0.1, 0.15) is 18.1 Å². The number of furan rings is 1. The van der Waals surface area contributed by atoms with E-state index in [-0.39, 0.29) is 5.91 Å². The van der Waals surface area contributed by atoms with E-state index in [1.807, 2.05) is 18.4 Å². The quantitative estimate of drug-likeness (QED) is 0.479. The van der Waals surface area contributed by atoms with Crippen LogP contribution in [0.1, 0.15) is 38.1 Å². The zero-order chi connectivity index (χ0) is 20.1. The number of carbonyl (C=O) groups is 1. The minimum absolute atomic E-state index is 0.323. The molecular weight excluding hydrogens is 378 g/mol. The summed E-state index contributed by atoms with van der Waals surface area (Å²) in [6.45, 7) is 5.85. The minimum atomic E-state index is -0.323. The SMILES string of the molecule is COc1cc(/C=N\NC(=O)c2cc(C)oc2C)ccc1OCc1csc(C)n1. The number of aromatic nitrogens is 1. The van der Waals surface area contributed by atoms with Crippen LogP contribution in [-0.2, 0) is 6.61 Å². The van der Waals surface area contributed by atoms with Crippen LogP contribution < -0.4 is 14.9 Å². The topological polar surface area (TPSA) is 86.0 Å². The van der Waals surface area contributed by atoms with Crippen LogP contribution in [0.5, 0.6) is 11.5 Å². The Hall–Kier alpha value is -3.13. The molecule has 0 saturated carbocycles. The summed E-state index contributed by atoms with van der Waals surface area (Å²) < 4.78 is 16.5. The molecule has 0 radical (unpaired) electrons. The van der Waals surface area contributed by atoms with Crippen molar-refractivity contribution in [1.29, 1.82) is 0 Å². The Morgan fingerprint density at radius 3 is 2.75 bits per heavy atom. The highest BCUT2D eigenvalue weighted by Gasteiger charge is 2.12. The molecule has 0 aliphatic carbocycles. The van der Waals surface area contributed by atoms with Crippen molar-refractivity contribution < 1.29 is 18.7 Å². The third-order valence-corrected chi connectivity index (χ3v) is 4.72. The van der Waals surface area contributed by atoms with Crippen molar-refractivity contribution in [3.8, 4) is 11.5 Å². The zero-order valence-electron chi connectivity index (χ0n) is 16.1. The van der Waals surface area contributed by atoms with Crippen molar-refractivity contribution >= 4 is 23.5 Å². The van der Waals surface area contributed by atoms with Gasteiger partial charge in [0.25, 0.3) is 5.91 Å². The first-order valence-corrected chi connectivity index (χ1v) is 9.46. The summed E-state index contributed by atoms with van der Waals surface area (Å²) >= 11 is 1.58. The van der Waals surface area contributed by atoms with Crippen LogP contribution >= 0.6 is 11.3 Å². The predicted octanol–water partition coefficient (Wildman–Crippen LogP) is 4.01. The number of hydrogen-bond acceptors (Lipinski definition) is 7. The highest BCUT2D eigenvalue weighted by atomic mass is 32.1. The second-order valence-electron chi connectivity index (χ2n) is 6.08. The molecule has 1 N–H and O–H groups in total. The molecule has 7 nitrogen and oxygen atoms in total. The molecular formula is C20H21N3O4S. The number of amides is 1. The molecule has 1 aromatic carbocycles. The first-order chi connectivity index (χ1) is 13.5. The van der Waals surface area contributed by atoms with Gasteiger partial charge in [-0.25, -0.2) is 10.4 Å². The smallest absolute Gasteiger partial charge is 0.274 e. The monoisotopic (exact) mass is 399 g/mol. The summed E-state index contributed by atoms with van der Waals surface area (Å²) in [4.78, 5) is 16.5. The maximum atomic E-state index is 12.1. The first kappa shape index (κ1) is 19.6. The van der Waals surface area contributed by atoms with Gasteiger partial charge in [-0.1, -0.05) is 0 Å². The van der Waals surface area contributed by atoms with Gasteiger partial charge in [-0.3, -0.25) is 4.79 Å². The van der Waals surface area contributed by atoms with Gasteiger partial charge in [0.15, 0.2) is 11.5 Å². The van der Waals surface area contributed by atoms with Crippen LogP contribution in [0.3, 0.4) is 0 Å². The normalized spacial score (nSPS) is 11.0. The molecule has 28 heavy (non-hydrogen) atoms. The molecule has 0 atom stereocenters. The van der Waals surface area contributed by atoms with Crippen LogP contribution in [0, 0.1) is 20.8 Å². The summed E-state index contributed by atoms with van der Waals surface area (Å²) in [7, 11) is 1.57. The van der Waals surface area contributed by atoms with Crippen molar-refractivity contribution in [3.05, 3.63) is 63.0 Å². The van der Waals surface area contributed by atoms with Gasteiger partial charge in [-0.05, 0) is 50.6 Å². The van der Waals surface area contributed by atoms with E-state index in [1.165, 1.54) is 6.21 Å². The van der Waals surface area contributed by atoms with Crippen LogP contribution in [0.2, 0.25) is 0 Å². The summed E-state index contributed by atoms with van der Waals surface area (Å²) in [6, 6.07) is 7.08. The Kier molecular flexibility index (Phi) is 6.10. The fraction of sp³-hybridized carbons (Fsp3) is 0.250. The second-order valence-corrected chi connectivity index (χ2v) is 7.15. The van der Waals surface area contributed by atoms with Crippen LogP contribution in [-0.4, -0.2) is 24.2 Å². The summed E-state index contributed by atoms with van der Waals surface area (Å²) in [5.41, 5.74) is 4.60. The highest BCUT2D eigenvalue weighted by molar-refractivity contribution is 7.09. The lowest BCUT2D eigenvalue weighted by atomic mass is 10.2. The van der Waals surface area contributed by atoms with E-state index in [0.717, 1.165) is 16.3 Å². The van der Waals surface area contributed by atoms with Gasteiger partial charge in [0.2, 0.25) is 0 Å². The van der Waals surface area contributed by atoms with Crippen LogP contribution in [0.4, 0.5) is 0 Å². The zero-order valence-corrected chi connectivity index (χ0v) is 16.9. The largest absolute Gasteiger partial charge is 0.493 e. The molecule has 0 spiro atoms. The third kappa shape index (κ3) is 4.77. The number of hydrogen-bond donors (Lipinski definition) is 1. The number of methoxy groups -OCH3 is 1. The summed E-state index contributed by atoms with van der Waals surface area (Å²) in [6.07, 6.45) is 1.54. The number of nitrogens with zero attached hydrogens (tertiary/aromatic N) is 2. The standard InChI is InChI=1S/C20H21N3O4S/c1-12-7-17(13(2)27-12)20(24)23-21-9-15-5-6-18(19(8-15)25-4)26-10-16-11-28-14(3)22-16/h5-9,11H,10H2,1-4H3,(H,23,24)/b21-9-. The molecule has 3 rings (SSSR count). The lowest BCUT2D eigenvalue weighted by Crippen LogP contribution is -2.17. The number of hydrazone groups is 1. The average Bonchev–Trinajstić information content (AvgIpc) is 3.24. The molecule has 3 aromatic rings. The molecule has 0 fully saturated rings. The van der Waals surface area contributed by atoms with Gasteiger partial charge in [0.05, 0.1) is 29.6 Å². The molecule has 146 valence electrons. The maximum absolute atomic E-state index is 12.1. The molecule has 8 heteroatoms. The molecule has 1 amide bonds. The lowest BCUT2D eigenvalue weighted by Gasteiger charge is -2.10. The van der Waals surface area contributed by atoms with Gasteiger partial charge in [-0.2, -0.15) is 5.10 Å². The number of rotatable bonds is 7. The summed E-state index contributed by atoms with van der Waals surface area (Å²) in [5, 5.41) is 6.97. The van der Waals surface area contributed by atoms with E-state index in [9.17, 15) is 4.79 Å². The molecule has 0 unspecified atom stereocenters. The number of benzene rings is 1. The molecule has 0 saturated heterocycles. The molecule has 0 aliphatic heterocycles. The maximum Gasteiger partial charge on any atom is 0.274 e. The minimum Gasteiger partial charge on any atom is -0.493 e. The van der Waals surface area contributed by atoms with E-state index in [4.69, 9.17) is 13.9 Å². The number of thiazole rings is 1. The van der Waals surface area contributed by atoms with Gasteiger partial charge < -0.3 is 13.9 Å². The Balaban J connectivity index is 1.63. The predicted molar refractivity (Wildman–Crippen MR) is 107 cm³/mol. The van der Waals surface area contributed by atoms with E-state index in [0.29, 0.717) is 35.2 Å². The van der Waals surface area contributed by atoms with Crippen LogP contribution in [0.15, 0.2) is 39.2 Å². The van der Waals surface area contributed by atoms with E-state index < -0.39 is 0 Å². The summed E-state index contributed by atoms with van der Waals surface area (Å²) in [5.74, 6) is 2.10. The number of nitrogens with one attached hydrogen (secondary N) is 1. The Bertz CT molecular complexity index is 1010. The van der Waals surface area contributed by atoms with E-state index in [2.05, 4.69) is 15.5 Å². The highest BCUT2D eigenvalue weighted by Crippen LogP contribution is 2.28. The third-order valence-electron chi connectivity index (χ3n) is 3.90. The van der Waals surface area contributed by atoms with Gasteiger partial charge in [0, 0.05) is 5.38 Å². The first-order valence-electron chi connectivity index (χ1n) is 8.58. The Labute approximate surface area is 167 Å². The molecule has 2 aromatic heterocycles. The van der Waals surface area contributed by atoms with Crippen molar-refractivity contribution in [2.24, 2.45) is 5.10 Å². The number of aryl methyl sites for hydroxylation is 3. The van der Waals surface area contributed by atoms with Crippen molar-refractivity contribution in [2.75, 3.05) is 7.11 Å². The number of ether oxygens (including phenoxy) is 2. The average molecular weight is 399 g/mol. The Morgan fingerprint density at radius 2 is 2.11 bits per heavy atom. The van der Waals surface area contributed by atoms with Crippen LogP contribution in [0.25, 0.3) is 0 Å². The fourth-order valence-electron chi connectivity index (χ4n) is 2.59. The van der Waals surface area contributed by atoms with Crippen molar-refractivity contribution in [2.45, 2.75) is 27.4 Å². The molecule has 0 aliphatic rings. The molecule has 0 bridgehead atoms. The van der Waals surface area contributed by atoms with E-state index in [1.54, 1.807) is 50.5 Å². The lowest BCUT2D eigenvalue weighted by molar-refractivity contribution is 0.0953. The fourth-order valence-corrected chi connectivity index (χ4v) is 3.19. The molecule has 2 heterocycles. The van der Waals surface area contributed by atoms with Gasteiger partial charge in [-0.15, -0.1) is 11.3 Å².